The lowest BCUT2D eigenvalue weighted by Gasteiger charge is -2.21. The van der Waals surface area contributed by atoms with Crippen molar-refractivity contribution < 1.29 is 9.59 Å². The monoisotopic (exact) mass is 381 g/mol. The maximum absolute atomic E-state index is 12.3. The average Bonchev–Trinajstić information content (AvgIpc) is 2.60. The Morgan fingerprint density at radius 2 is 1.68 bits per heavy atom. The second-order valence-electron chi connectivity index (χ2n) is 8.22. The van der Waals surface area contributed by atoms with Crippen LogP contribution in [-0.4, -0.2) is 30.5 Å². The van der Waals surface area contributed by atoms with Gasteiger partial charge in [-0.15, -0.1) is 0 Å². The molecule has 1 aliphatic carbocycles. The van der Waals surface area contributed by atoms with Crippen LogP contribution in [-0.2, 0) is 9.59 Å². The van der Waals surface area contributed by atoms with Crippen molar-refractivity contribution in [2.24, 2.45) is 10.4 Å². The van der Waals surface area contributed by atoms with Crippen molar-refractivity contribution >= 4 is 28.8 Å². The summed E-state index contributed by atoms with van der Waals surface area (Å²) in [7, 11) is 0. The van der Waals surface area contributed by atoms with Crippen molar-refractivity contribution in [2.45, 2.75) is 48.0 Å². The third-order valence-corrected chi connectivity index (χ3v) is 4.49. The molecule has 2 rings (SSSR count). The molecule has 5 nitrogen and oxygen atoms in total. The van der Waals surface area contributed by atoms with E-state index in [9.17, 15) is 9.59 Å². The zero-order valence-electron chi connectivity index (χ0n) is 17.8. The normalized spacial score (nSPS) is 15.9. The van der Waals surface area contributed by atoms with Gasteiger partial charge in [0, 0.05) is 25.2 Å². The highest BCUT2D eigenvalue weighted by molar-refractivity contribution is 6.22. The number of anilines is 1. The average molecular weight is 382 g/mol. The van der Waals surface area contributed by atoms with Gasteiger partial charge in [-0.1, -0.05) is 20.8 Å². The third-order valence-electron chi connectivity index (χ3n) is 4.49. The van der Waals surface area contributed by atoms with E-state index >= 15 is 0 Å². The molecule has 0 unspecified atom stereocenters. The number of hydrogen-bond donors (Lipinski definition) is 1. The highest BCUT2D eigenvalue weighted by Gasteiger charge is 2.21. The van der Waals surface area contributed by atoms with Crippen molar-refractivity contribution in [3.8, 4) is 0 Å². The molecule has 1 aromatic carbocycles. The van der Waals surface area contributed by atoms with Gasteiger partial charge in [0.15, 0.2) is 0 Å². The Hall–Kier alpha value is -2.69. The Morgan fingerprint density at radius 3 is 2.21 bits per heavy atom. The number of nitrogens with zero attached hydrogens (tertiary/aromatic N) is 2. The molecule has 0 heterocycles. The molecule has 0 atom stereocenters. The number of carbonyl (C=O) groups is 2. The molecule has 0 aliphatic heterocycles. The molecule has 0 aromatic heterocycles. The predicted octanol–water partition coefficient (Wildman–Crippen LogP) is 4.57. The van der Waals surface area contributed by atoms with Crippen molar-refractivity contribution in [1.29, 1.82) is 0 Å². The fraction of sp³-hybridized carbons (Fsp3) is 0.435. The number of allylic oxidation sites excluding steroid dienone is 3. The Labute approximate surface area is 168 Å². The SMILES string of the molecule is CCN(CC)c1ccc(N=C2C=C(NC(=O)CC(C)(C)C)C(=O)C=C2C)cc1. The highest BCUT2D eigenvalue weighted by atomic mass is 16.2. The first-order chi connectivity index (χ1) is 13.1. The third kappa shape index (κ3) is 5.91. The number of ketones is 1. The maximum Gasteiger partial charge on any atom is 0.225 e. The van der Waals surface area contributed by atoms with Crippen LogP contribution >= 0.6 is 0 Å². The summed E-state index contributed by atoms with van der Waals surface area (Å²) in [6.45, 7) is 14.0. The number of hydrogen-bond acceptors (Lipinski definition) is 4. The van der Waals surface area contributed by atoms with E-state index < -0.39 is 0 Å². The van der Waals surface area contributed by atoms with Crippen LogP contribution in [0.4, 0.5) is 11.4 Å². The van der Waals surface area contributed by atoms with E-state index in [-0.39, 0.29) is 22.8 Å². The molecule has 0 spiro atoms. The Bertz CT molecular complexity index is 820. The van der Waals surface area contributed by atoms with E-state index in [1.165, 1.54) is 6.08 Å². The summed E-state index contributed by atoms with van der Waals surface area (Å²) in [4.78, 5) is 31.4. The minimum atomic E-state index is -0.199. The smallest absolute Gasteiger partial charge is 0.225 e. The van der Waals surface area contributed by atoms with Gasteiger partial charge in [-0.25, -0.2) is 4.99 Å². The fourth-order valence-electron chi connectivity index (χ4n) is 3.03. The van der Waals surface area contributed by atoms with Crippen molar-refractivity contribution in [3.63, 3.8) is 0 Å². The van der Waals surface area contributed by atoms with Crippen LogP contribution in [0.3, 0.4) is 0 Å². The lowest BCUT2D eigenvalue weighted by molar-refractivity contribution is -0.123. The molecule has 0 radical (unpaired) electrons. The van der Waals surface area contributed by atoms with Gasteiger partial charge in [-0.2, -0.15) is 0 Å². The number of amides is 1. The summed E-state index contributed by atoms with van der Waals surface area (Å²) in [5.41, 5.74) is 3.57. The van der Waals surface area contributed by atoms with Crippen LogP contribution in [0.5, 0.6) is 0 Å². The number of nitrogens with one attached hydrogen (secondary N) is 1. The number of carbonyl (C=O) groups excluding carboxylic acids is 2. The van der Waals surface area contributed by atoms with Crippen LogP contribution in [0, 0.1) is 5.41 Å². The molecule has 1 amide bonds. The number of rotatable bonds is 6. The molecule has 150 valence electrons. The molecule has 5 heteroatoms. The molecule has 0 saturated carbocycles. The Balaban J connectivity index is 2.23. The molecule has 1 N–H and O–H groups in total. The minimum absolute atomic E-state index is 0.141. The van der Waals surface area contributed by atoms with Crippen LogP contribution in [0.25, 0.3) is 0 Å². The molecular formula is C23H31N3O2. The maximum atomic E-state index is 12.3. The second kappa shape index (κ2) is 9.00. The van der Waals surface area contributed by atoms with Crippen molar-refractivity contribution in [1.82, 2.24) is 5.32 Å². The summed E-state index contributed by atoms with van der Waals surface area (Å²) in [5, 5.41) is 2.74. The van der Waals surface area contributed by atoms with Gasteiger partial charge in [0.1, 0.15) is 0 Å². The van der Waals surface area contributed by atoms with E-state index in [0.717, 1.165) is 30.0 Å². The molecular weight excluding hydrogens is 350 g/mol. The van der Waals surface area contributed by atoms with Crippen LogP contribution in [0.2, 0.25) is 0 Å². The van der Waals surface area contributed by atoms with Gasteiger partial charge in [-0.05, 0) is 68.2 Å². The van der Waals surface area contributed by atoms with E-state index in [4.69, 9.17) is 0 Å². The first-order valence-electron chi connectivity index (χ1n) is 9.81. The van der Waals surface area contributed by atoms with Gasteiger partial charge in [-0.3, -0.25) is 9.59 Å². The summed E-state index contributed by atoms with van der Waals surface area (Å²) in [6.07, 6.45) is 3.53. The molecule has 28 heavy (non-hydrogen) atoms. The molecule has 0 bridgehead atoms. The van der Waals surface area contributed by atoms with E-state index in [0.29, 0.717) is 12.1 Å². The summed E-state index contributed by atoms with van der Waals surface area (Å²) >= 11 is 0. The summed E-state index contributed by atoms with van der Waals surface area (Å²) in [5.74, 6) is -0.362. The van der Waals surface area contributed by atoms with Crippen LogP contribution in [0.1, 0.15) is 48.0 Å². The van der Waals surface area contributed by atoms with Crippen molar-refractivity contribution in [3.05, 3.63) is 47.7 Å². The van der Waals surface area contributed by atoms with Crippen LogP contribution < -0.4 is 10.2 Å². The lowest BCUT2D eigenvalue weighted by Crippen LogP contribution is -2.31. The Kier molecular flexibility index (Phi) is 6.95. The van der Waals surface area contributed by atoms with Gasteiger partial charge < -0.3 is 10.2 Å². The fourth-order valence-corrected chi connectivity index (χ4v) is 3.03. The molecule has 0 saturated heterocycles. The number of aliphatic imine (C=N–C) groups is 1. The zero-order valence-corrected chi connectivity index (χ0v) is 17.8. The highest BCUT2D eigenvalue weighted by Crippen LogP contribution is 2.23. The van der Waals surface area contributed by atoms with Gasteiger partial charge in [0.25, 0.3) is 0 Å². The first-order valence-corrected chi connectivity index (χ1v) is 9.81. The molecule has 1 aromatic rings. The summed E-state index contributed by atoms with van der Waals surface area (Å²) < 4.78 is 0. The van der Waals surface area contributed by atoms with Gasteiger partial charge in [0.05, 0.1) is 17.1 Å². The van der Waals surface area contributed by atoms with E-state index in [2.05, 4.69) is 41.2 Å². The van der Waals surface area contributed by atoms with E-state index in [1.54, 1.807) is 6.08 Å². The predicted molar refractivity (Wildman–Crippen MR) is 116 cm³/mol. The lowest BCUT2D eigenvalue weighted by atomic mass is 9.91. The van der Waals surface area contributed by atoms with E-state index in [1.807, 2.05) is 39.8 Å². The molecule has 1 aliphatic rings. The minimum Gasteiger partial charge on any atom is -0.372 e. The second-order valence-corrected chi connectivity index (χ2v) is 8.22. The van der Waals surface area contributed by atoms with Gasteiger partial charge >= 0.3 is 0 Å². The standard InChI is InChI=1S/C23H31N3O2/c1-7-26(8-2)18-11-9-17(10-12-18)24-19-14-20(21(27)13-16(19)3)25-22(28)15-23(4,5)6/h9-14H,7-8,15H2,1-6H3,(H,25,28). The largest absolute Gasteiger partial charge is 0.372 e. The number of benzene rings is 1. The first kappa shape index (κ1) is 21.6. The topological polar surface area (TPSA) is 61.8 Å². The van der Waals surface area contributed by atoms with Crippen molar-refractivity contribution in [2.75, 3.05) is 18.0 Å². The zero-order chi connectivity index (χ0) is 20.9. The summed E-state index contributed by atoms with van der Waals surface area (Å²) in [6, 6.07) is 8.04. The quantitative estimate of drug-likeness (QED) is 0.734. The Morgan fingerprint density at radius 1 is 1.07 bits per heavy atom. The van der Waals surface area contributed by atoms with Gasteiger partial charge in [0.2, 0.25) is 11.7 Å². The van der Waals surface area contributed by atoms with Crippen LogP contribution in [0.15, 0.2) is 52.7 Å². The molecule has 0 fully saturated rings.